The minimum absolute atomic E-state index is 0.0907. The third-order valence-electron chi connectivity index (χ3n) is 6.02. The topological polar surface area (TPSA) is 84.2 Å². The maximum Gasteiger partial charge on any atom is 0.283 e. The number of carbonyl (C=O) groups is 1. The number of fused-ring (bicyclic) bond motifs is 1. The normalized spacial score (nSPS) is 15.7. The summed E-state index contributed by atoms with van der Waals surface area (Å²) < 4.78 is 17.2. The van der Waals surface area contributed by atoms with Crippen LogP contribution in [0.3, 0.4) is 0 Å². The van der Waals surface area contributed by atoms with Gasteiger partial charge in [0.15, 0.2) is 16.7 Å². The minimum atomic E-state index is -0.440. The summed E-state index contributed by atoms with van der Waals surface area (Å²) in [4.78, 5) is 18.7. The van der Waals surface area contributed by atoms with Crippen LogP contribution in [-0.4, -0.2) is 42.1 Å². The number of aliphatic imine (C=N–C) groups is 1. The van der Waals surface area contributed by atoms with Crippen LogP contribution in [0.15, 0.2) is 88.8 Å². The largest absolute Gasteiger partial charge is 0.493 e. The lowest BCUT2D eigenvalue weighted by Crippen LogP contribution is -2.38. The van der Waals surface area contributed by atoms with Crippen LogP contribution >= 0.6 is 11.8 Å². The van der Waals surface area contributed by atoms with Crippen molar-refractivity contribution in [3.8, 4) is 17.2 Å². The zero-order valence-corrected chi connectivity index (χ0v) is 22.0. The van der Waals surface area contributed by atoms with Gasteiger partial charge in [0.1, 0.15) is 11.6 Å². The van der Waals surface area contributed by atoms with Gasteiger partial charge in [-0.3, -0.25) is 15.1 Å². The number of thioether (sulfide) groups is 1. The molecule has 0 radical (unpaired) electrons. The molecule has 2 heterocycles. The van der Waals surface area contributed by atoms with E-state index in [1.807, 2.05) is 73.0 Å². The molecule has 1 amide bonds. The molecule has 0 unspecified atom stereocenters. The fourth-order valence-corrected chi connectivity index (χ4v) is 4.93. The second-order valence-electron chi connectivity index (χ2n) is 8.70. The van der Waals surface area contributed by atoms with E-state index in [4.69, 9.17) is 19.6 Å². The molecule has 192 valence electrons. The van der Waals surface area contributed by atoms with E-state index in [0.29, 0.717) is 41.9 Å². The molecule has 8 heteroatoms. The first kappa shape index (κ1) is 25.4. The predicted octanol–water partition coefficient (Wildman–Crippen LogP) is 6.16. The number of amides is 1. The van der Waals surface area contributed by atoms with Gasteiger partial charge in [0.25, 0.3) is 5.91 Å². The van der Waals surface area contributed by atoms with Gasteiger partial charge in [-0.15, -0.1) is 0 Å². The van der Waals surface area contributed by atoms with Gasteiger partial charge in [-0.05, 0) is 48.4 Å². The molecule has 0 saturated carbocycles. The van der Waals surface area contributed by atoms with Crippen LogP contribution in [-0.2, 0) is 4.79 Å². The summed E-state index contributed by atoms with van der Waals surface area (Å²) in [6.45, 7) is 3.04. The molecule has 2 aliphatic heterocycles. The Bertz CT molecular complexity index is 1450. The number of hydrogen-bond donors (Lipinski definition) is 1. The molecule has 7 nitrogen and oxygen atoms in total. The first-order chi connectivity index (χ1) is 18.5. The number of amidine groups is 2. The summed E-state index contributed by atoms with van der Waals surface area (Å²) in [5.41, 5.74) is 3.89. The highest BCUT2D eigenvalue weighted by Crippen LogP contribution is 2.37. The average molecular weight is 526 g/mol. The number of methoxy groups -OCH3 is 1. The van der Waals surface area contributed by atoms with Crippen LogP contribution in [0.1, 0.15) is 23.1 Å². The van der Waals surface area contributed by atoms with Gasteiger partial charge in [0, 0.05) is 11.8 Å². The van der Waals surface area contributed by atoms with Gasteiger partial charge in [0.2, 0.25) is 0 Å². The summed E-state index contributed by atoms with van der Waals surface area (Å²) in [7, 11) is 1.57. The Labute approximate surface area is 225 Å². The molecule has 1 N–H and O–H groups in total. The summed E-state index contributed by atoms with van der Waals surface area (Å²) in [6, 6.07) is 23.1. The van der Waals surface area contributed by atoms with Gasteiger partial charge in [-0.1, -0.05) is 65.9 Å². The van der Waals surface area contributed by atoms with Crippen molar-refractivity contribution in [2.24, 2.45) is 4.99 Å². The molecule has 3 aromatic rings. The first-order valence-electron chi connectivity index (χ1n) is 12.2. The number of hydrogen-bond acceptors (Lipinski definition) is 6. The van der Waals surface area contributed by atoms with Crippen LogP contribution in [0.2, 0.25) is 0 Å². The van der Waals surface area contributed by atoms with Crippen molar-refractivity contribution in [3.05, 3.63) is 100 Å². The van der Waals surface area contributed by atoms with Gasteiger partial charge in [-0.2, -0.15) is 4.99 Å². The fraction of sp³-hybridized carbons (Fsp3) is 0.167. The molecule has 2 aliphatic rings. The zero-order valence-electron chi connectivity index (χ0n) is 21.1. The molecule has 3 aromatic carbocycles. The quantitative estimate of drug-likeness (QED) is 0.266. The molecule has 38 heavy (non-hydrogen) atoms. The highest BCUT2D eigenvalue weighted by Gasteiger charge is 2.36. The van der Waals surface area contributed by atoms with E-state index in [0.717, 1.165) is 17.0 Å². The van der Waals surface area contributed by atoms with Crippen molar-refractivity contribution in [1.82, 2.24) is 4.90 Å². The Kier molecular flexibility index (Phi) is 7.60. The minimum Gasteiger partial charge on any atom is -0.493 e. The highest BCUT2D eigenvalue weighted by molar-refractivity contribution is 8.17. The highest BCUT2D eigenvalue weighted by atomic mass is 32.2. The number of carbonyl (C=O) groups excluding carboxylic acids is 1. The second kappa shape index (κ2) is 11.4. The van der Waals surface area contributed by atoms with Crippen molar-refractivity contribution in [1.29, 1.82) is 5.41 Å². The Balaban J connectivity index is 1.26. The SMILES string of the molecule is COc1cc(/C=C2\C(=N)N3C(c4ccccc4)=CSC3=NC2=O)ccc1OCCCOc1ccc(C)cc1. The monoisotopic (exact) mass is 525 g/mol. The Morgan fingerprint density at radius 3 is 2.50 bits per heavy atom. The van der Waals surface area contributed by atoms with E-state index < -0.39 is 5.91 Å². The third-order valence-corrected chi connectivity index (χ3v) is 6.84. The molecule has 0 aliphatic carbocycles. The van der Waals surface area contributed by atoms with Crippen molar-refractivity contribution >= 4 is 40.4 Å². The Hall–Kier alpha value is -4.30. The summed E-state index contributed by atoms with van der Waals surface area (Å²) in [6.07, 6.45) is 2.37. The number of rotatable bonds is 9. The second-order valence-corrected chi connectivity index (χ2v) is 9.54. The Morgan fingerprint density at radius 1 is 0.974 bits per heavy atom. The van der Waals surface area contributed by atoms with E-state index >= 15 is 0 Å². The lowest BCUT2D eigenvalue weighted by molar-refractivity contribution is -0.114. The fourth-order valence-electron chi connectivity index (χ4n) is 4.04. The number of ether oxygens (including phenoxy) is 3. The molecule has 0 saturated heterocycles. The molecule has 0 aromatic heterocycles. The smallest absolute Gasteiger partial charge is 0.283 e. The maximum atomic E-state index is 12.8. The summed E-state index contributed by atoms with van der Waals surface area (Å²) in [5.74, 6) is 1.63. The molecular formula is C30H27N3O4S. The standard InChI is InChI=1S/C30H27N3O4S/c1-20-9-12-23(13-10-20)36-15-6-16-37-26-14-11-21(18-27(26)35-2)17-24-28(31)33-25(22-7-4-3-5-8-22)19-38-30(33)32-29(24)34/h3-5,7-14,17-19,31H,6,15-16H2,1-2H3/b24-17+,31-28?. The van der Waals surface area contributed by atoms with Crippen LogP contribution in [0, 0.1) is 12.3 Å². The van der Waals surface area contributed by atoms with Crippen LogP contribution in [0.25, 0.3) is 11.8 Å². The van der Waals surface area contributed by atoms with E-state index in [-0.39, 0.29) is 11.4 Å². The van der Waals surface area contributed by atoms with Gasteiger partial charge in [-0.25, -0.2) is 0 Å². The van der Waals surface area contributed by atoms with E-state index in [2.05, 4.69) is 4.99 Å². The summed E-state index contributed by atoms with van der Waals surface area (Å²) in [5, 5.41) is 11.2. The lowest BCUT2D eigenvalue weighted by Gasteiger charge is -2.27. The lowest BCUT2D eigenvalue weighted by atomic mass is 10.1. The van der Waals surface area contributed by atoms with Crippen LogP contribution < -0.4 is 14.2 Å². The van der Waals surface area contributed by atoms with Gasteiger partial charge in [0.05, 0.1) is 31.6 Å². The zero-order chi connectivity index (χ0) is 26.5. The molecule has 0 fully saturated rings. The number of nitrogens with zero attached hydrogens (tertiary/aromatic N) is 2. The Morgan fingerprint density at radius 2 is 1.74 bits per heavy atom. The van der Waals surface area contributed by atoms with Crippen molar-refractivity contribution in [2.75, 3.05) is 20.3 Å². The van der Waals surface area contributed by atoms with Crippen molar-refractivity contribution < 1.29 is 19.0 Å². The molecule has 5 rings (SSSR count). The van der Waals surface area contributed by atoms with E-state index in [1.54, 1.807) is 30.2 Å². The van der Waals surface area contributed by atoms with Crippen LogP contribution in [0.4, 0.5) is 0 Å². The maximum absolute atomic E-state index is 12.8. The van der Waals surface area contributed by atoms with Gasteiger partial charge >= 0.3 is 0 Å². The predicted molar refractivity (Wildman–Crippen MR) is 152 cm³/mol. The van der Waals surface area contributed by atoms with Gasteiger partial charge < -0.3 is 14.2 Å². The van der Waals surface area contributed by atoms with Crippen molar-refractivity contribution in [2.45, 2.75) is 13.3 Å². The average Bonchev–Trinajstić information content (AvgIpc) is 3.36. The molecular weight excluding hydrogens is 498 g/mol. The molecule has 0 spiro atoms. The number of benzene rings is 3. The third kappa shape index (κ3) is 5.50. The number of nitrogens with one attached hydrogen (secondary N) is 1. The van der Waals surface area contributed by atoms with E-state index in [1.165, 1.54) is 17.3 Å². The first-order valence-corrected chi connectivity index (χ1v) is 13.1. The summed E-state index contributed by atoms with van der Waals surface area (Å²) >= 11 is 1.34. The van der Waals surface area contributed by atoms with E-state index in [9.17, 15) is 4.79 Å². The molecule has 0 bridgehead atoms. The van der Waals surface area contributed by atoms with Crippen LogP contribution in [0.5, 0.6) is 17.2 Å². The number of aryl methyl sites for hydroxylation is 1. The molecule has 0 atom stereocenters. The van der Waals surface area contributed by atoms with Crippen molar-refractivity contribution in [3.63, 3.8) is 0 Å².